The molecule has 2 aromatic rings. The fourth-order valence-electron chi connectivity index (χ4n) is 3.94. The van der Waals surface area contributed by atoms with Crippen molar-refractivity contribution in [1.82, 2.24) is 4.98 Å². The average molecular weight is 471 g/mol. The van der Waals surface area contributed by atoms with E-state index in [2.05, 4.69) is 9.88 Å². The molecular weight excluding hydrogens is 450 g/mol. The number of rotatable bonds is 4. The summed E-state index contributed by atoms with van der Waals surface area (Å²) < 4.78 is 46.5. The number of nitrogens with zero attached hydrogens (tertiary/aromatic N) is 1. The molecule has 0 bridgehead atoms. The molecule has 4 rings (SSSR count). The van der Waals surface area contributed by atoms with E-state index in [-0.39, 0.29) is 17.2 Å². The maximum absolute atomic E-state index is 14.8. The fraction of sp³-hybridized carbons (Fsp3) is 0.381. The Morgan fingerprint density at radius 2 is 1.76 bits per heavy atom. The number of hydrogen-bond donors (Lipinski definition) is 4. The van der Waals surface area contributed by atoms with Crippen LogP contribution < -0.4 is 16.2 Å². The van der Waals surface area contributed by atoms with Crippen molar-refractivity contribution in [2.45, 2.75) is 25.6 Å². The Morgan fingerprint density at radius 1 is 1.18 bits per heavy atom. The van der Waals surface area contributed by atoms with Gasteiger partial charge in [-0.15, -0.1) is 0 Å². The van der Waals surface area contributed by atoms with Crippen LogP contribution in [0.3, 0.4) is 0 Å². The molecule has 12 heteroatoms. The van der Waals surface area contributed by atoms with Crippen LogP contribution in [0.25, 0.3) is 11.3 Å². The highest BCUT2D eigenvalue weighted by molar-refractivity contribution is 5.88. The van der Waals surface area contributed by atoms with Crippen LogP contribution >= 0.6 is 0 Å². The number of piperidine rings is 1. The standard InChI is InChI=1S/C19H20FN3O3.C2HF3O2/c1-2-9-5-12(19(25)26)18(24)22-17(9)11-4-3-10(6-15(11)20)23-7-13-14(8-23)16(13)21;3-2(4,5)1(6)7/h3-6,13-14,16H,2,7-8,21H2,1H3,(H,22,24)(H,25,26);(H,6,7)/t13-,14+,16?;. The first-order valence-electron chi connectivity index (χ1n) is 9.95. The number of hydrogen-bond acceptors (Lipinski definition) is 5. The van der Waals surface area contributed by atoms with Crippen LogP contribution in [0.2, 0.25) is 0 Å². The number of aromatic amines is 1. The summed E-state index contributed by atoms with van der Waals surface area (Å²) >= 11 is 0. The number of anilines is 1. The van der Waals surface area contributed by atoms with Gasteiger partial charge in [-0.25, -0.2) is 14.0 Å². The molecule has 2 fully saturated rings. The molecule has 178 valence electrons. The van der Waals surface area contributed by atoms with Crippen LogP contribution in [-0.4, -0.2) is 52.4 Å². The Balaban J connectivity index is 0.000000383. The molecule has 1 aliphatic carbocycles. The van der Waals surface area contributed by atoms with Gasteiger partial charge >= 0.3 is 18.1 Å². The molecule has 0 amide bonds. The smallest absolute Gasteiger partial charge is 0.477 e. The molecule has 0 radical (unpaired) electrons. The molecule has 3 atom stereocenters. The first kappa shape index (κ1) is 24.2. The lowest BCUT2D eigenvalue weighted by atomic mass is 10.0. The molecule has 2 aliphatic rings. The topological polar surface area (TPSA) is 137 Å². The van der Waals surface area contributed by atoms with Crippen molar-refractivity contribution < 1.29 is 37.4 Å². The van der Waals surface area contributed by atoms with Crippen molar-refractivity contribution in [2.24, 2.45) is 17.6 Å². The summed E-state index contributed by atoms with van der Waals surface area (Å²) in [4.78, 5) is 36.7. The summed E-state index contributed by atoms with van der Waals surface area (Å²) in [6.45, 7) is 3.51. The number of carbonyl (C=O) groups is 2. The number of halogens is 4. The number of carboxylic acids is 2. The Morgan fingerprint density at radius 3 is 2.21 bits per heavy atom. The van der Waals surface area contributed by atoms with Crippen LogP contribution in [-0.2, 0) is 11.2 Å². The lowest BCUT2D eigenvalue weighted by Crippen LogP contribution is -2.28. The van der Waals surface area contributed by atoms with Gasteiger partial charge in [0, 0.05) is 30.4 Å². The number of aromatic carboxylic acids is 1. The minimum atomic E-state index is -5.08. The van der Waals surface area contributed by atoms with Gasteiger partial charge in [-0.05, 0) is 48.1 Å². The third-order valence-electron chi connectivity index (χ3n) is 5.82. The monoisotopic (exact) mass is 471 g/mol. The molecule has 1 saturated heterocycles. The third-order valence-corrected chi connectivity index (χ3v) is 5.82. The van der Waals surface area contributed by atoms with E-state index in [1.54, 1.807) is 6.07 Å². The van der Waals surface area contributed by atoms with Gasteiger partial charge in [0.15, 0.2) is 0 Å². The summed E-state index contributed by atoms with van der Waals surface area (Å²) in [7, 11) is 0. The van der Waals surface area contributed by atoms with E-state index in [0.717, 1.165) is 18.8 Å². The molecule has 1 aromatic heterocycles. The fourth-order valence-corrected chi connectivity index (χ4v) is 3.94. The number of carboxylic acid groups (broad SMARTS) is 2. The minimum absolute atomic E-state index is 0.265. The molecule has 33 heavy (non-hydrogen) atoms. The molecule has 2 heterocycles. The van der Waals surface area contributed by atoms with E-state index in [9.17, 15) is 27.2 Å². The number of nitrogens with two attached hydrogens (primary N) is 1. The number of aliphatic carboxylic acids is 1. The summed E-state index contributed by atoms with van der Waals surface area (Å²) in [5.41, 5.74) is 6.85. The van der Waals surface area contributed by atoms with Crippen LogP contribution in [0, 0.1) is 17.7 Å². The summed E-state index contributed by atoms with van der Waals surface area (Å²) in [6, 6.07) is 6.53. The van der Waals surface area contributed by atoms with Crippen molar-refractivity contribution in [3.05, 3.63) is 51.6 Å². The van der Waals surface area contributed by atoms with E-state index in [4.69, 9.17) is 20.7 Å². The van der Waals surface area contributed by atoms with Crippen LogP contribution in [0.1, 0.15) is 22.8 Å². The number of fused-ring (bicyclic) bond motifs is 1. The normalized spacial score (nSPS) is 21.2. The van der Waals surface area contributed by atoms with Crippen LogP contribution in [0.5, 0.6) is 0 Å². The Hall–Kier alpha value is -3.41. The van der Waals surface area contributed by atoms with Gasteiger partial charge in [-0.3, -0.25) is 4.79 Å². The molecule has 8 nitrogen and oxygen atoms in total. The van der Waals surface area contributed by atoms with Crippen molar-refractivity contribution in [1.29, 1.82) is 0 Å². The van der Waals surface area contributed by atoms with E-state index in [1.165, 1.54) is 12.1 Å². The lowest BCUT2D eigenvalue weighted by molar-refractivity contribution is -0.192. The predicted molar refractivity (Wildman–Crippen MR) is 110 cm³/mol. The molecule has 1 aromatic carbocycles. The highest BCUT2D eigenvalue weighted by atomic mass is 19.4. The average Bonchev–Trinajstić information content (AvgIpc) is 3.12. The number of aromatic nitrogens is 1. The third kappa shape index (κ3) is 5.00. The van der Waals surface area contributed by atoms with Crippen molar-refractivity contribution >= 4 is 17.6 Å². The SMILES string of the molecule is CCc1cc(C(=O)O)c(=O)[nH]c1-c1ccc(N2C[C@@H]3C(N)[C@@H]3C2)cc1F.O=C(O)C(F)(F)F. The van der Waals surface area contributed by atoms with E-state index < -0.39 is 29.5 Å². The number of pyridine rings is 1. The van der Waals surface area contributed by atoms with E-state index in [0.29, 0.717) is 29.5 Å². The summed E-state index contributed by atoms with van der Waals surface area (Å²) in [6.07, 6.45) is -4.61. The minimum Gasteiger partial charge on any atom is -0.477 e. The molecular formula is C21H21F4N3O5. The van der Waals surface area contributed by atoms with Crippen LogP contribution in [0.4, 0.5) is 23.2 Å². The van der Waals surface area contributed by atoms with E-state index >= 15 is 0 Å². The van der Waals surface area contributed by atoms with Gasteiger partial charge in [-0.1, -0.05) is 6.92 Å². The second kappa shape index (κ2) is 8.85. The second-order valence-corrected chi connectivity index (χ2v) is 7.85. The number of alkyl halides is 3. The zero-order valence-electron chi connectivity index (χ0n) is 17.3. The van der Waals surface area contributed by atoms with Gasteiger partial charge in [-0.2, -0.15) is 13.2 Å². The second-order valence-electron chi connectivity index (χ2n) is 7.85. The van der Waals surface area contributed by atoms with Gasteiger partial charge in [0.25, 0.3) is 5.56 Å². The first-order chi connectivity index (χ1) is 15.3. The largest absolute Gasteiger partial charge is 0.490 e. The number of aryl methyl sites for hydroxylation is 1. The lowest BCUT2D eigenvalue weighted by Gasteiger charge is -2.22. The first-order valence-corrected chi connectivity index (χ1v) is 9.95. The van der Waals surface area contributed by atoms with E-state index in [1.807, 2.05) is 13.0 Å². The summed E-state index contributed by atoms with van der Waals surface area (Å²) in [5.74, 6) is -3.49. The quantitative estimate of drug-likeness (QED) is 0.503. The number of H-pyrrole nitrogens is 1. The molecule has 5 N–H and O–H groups in total. The van der Waals surface area contributed by atoms with Crippen molar-refractivity contribution in [3.8, 4) is 11.3 Å². The highest BCUT2D eigenvalue weighted by Gasteiger charge is 2.53. The Kier molecular flexibility index (Phi) is 6.50. The Labute approximate surface area is 184 Å². The maximum Gasteiger partial charge on any atom is 0.490 e. The van der Waals surface area contributed by atoms with Gasteiger partial charge in [0.05, 0.1) is 5.69 Å². The van der Waals surface area contributed by atoms with Crippen molar-refractivity contribution in [2.75, 3.05) is 18.0 Å². The zero-order valence-corrected chi connectivity index (χ0v) is 17.3. The number of nitrogens with one attached hydrogen (secondary N) is 1. The number of benzene rings is 1. The van der Waals surface area contributed by atoms with Gasteiger partial charge in [0.1, 0.15) is 11.4 Å². The molecule has 1 saturated carbocycles. The molecule has 1 unspecified atom stereocenters. The molecule has 0 spiro atoms. The zero-order chi connectivity index (χ0) is 24.7. The Bertz CT molecular complexity index is 1140. The maximum atomic E-state index is 14.8. The van der Waals surface area contributed by atoms with Gasteiger partial charge in [0.2, 0.25) is 0 Å². The predicted octanol–water partition coefficient (Wildman–Crippen LogP) is 2.47. The highest BCUT2D eigenvalue weighted by Crippen LogP contribution is 2.45. The van der Waals surface area contributed by atoms with Crippen molar-refractivity contribution in [3.63, 3.8) is 0 Å². The van der Waals surface area contributed by atoms with Gasteiger partial charge < -0.3 is 25.8 Å². The molecule has 1 aliphatic heterocycles. The summed E-state index contributed by atoms with van der Waals surface area (Å²) in [5, 5.41) is 16.2. The van der Waals surface area contributed by atoms with Crippen LogP contribution in [0.15, 0.2) is 29.1 Å².